The molecule has 1 aliphatic heterocycles. The normalized spacial score (nSPS) is 20.9. The third-order valence-electron chi connectivity index (χ3n) is 7.86. The Balaban J connectivity index is 1.23. The van der Waals surface area contributed by atoms with Crippen molar-refractivity contribution in [1.82, 2.24) is 29.7 Å². The number of rotatable bonds is 7. The van der Waals surface area contributed by atoms with E-state index < -0.39 is 0 Å². The van der Waals surface area contributed by atoms with Gasteiger partial charge in [-0.3, -0.25) is 0 Å². The monoisotopic (exact) mass is 486 g/mol. The Hall–Kier alpha value is -3.32. The van der Waals surface area contributed by atoms with Crippen molar-refractivity contribution in [3.8, 4) is 17.0 Å². The molecule has 2 aromatic heterocycles. The highest BCUT2D eigenvalue weighted by Gasteiger charge is 2.27. The number of allylic oxidation sites excluding steroid dienone is 1. The molecule has 5 rings (SSSR count). The van der Waals surface area contributed by atoms with Gasteiger partial charge >= 0.3 is 0 Å². The molecule has 0 amide bonds. The molecule has 0 radical (unpaired) electrons. The Morgan fingerprint density at radius 3 is 2.50 bits per heavy atom. The van der Waals surface area contributed by atoms with Crippen molar-refractivity contribution in [2.24, 2.45) is 5.92 Å². The van der Waals surface area contributed by atoms with E-state index >= 15 is 0 Å². The van der Waals surface area contributed by atoms with Gasteiger partial charge in [0.2, 0.25) is 0 Å². The number of nitrogens with zero attached hydrogens (tertiary/aromatic N) is 5. The summed E-state index contributed by atoms with van der Waals surface area (Å²) < 4.78 is 7.42. The molecule has 3 aromatic rings. The zero-order chi connectivity index (χ0) is 25.2. The SMILES string of the molecule is C=C(N[C@H]1CC[C@@H](C(=C)N2CCN(C)CC2)CC1)c1cc2nccc(-c3ccc(C)c(OC)c3)n2n1. The lowest BCUT2D eigenvalue weighted by molar-refractivity contribution is 0.163. The summed E-state index contributed by atoms with van der Waals surface area (Å²) in [5.41, 5.74) is 6.95. The molecule has 1 aliphatic carbocycles. The molecular formula is C29H38N6O. The van der Waals surface area contributed by atoms with E-state index in [-0.39, 0.29) is 0 Å². The minimum Gasteiger partial charge on any atom is -0.496 e. The second-order valence-electron chi connectivity index (χ2n) is 10.3. The molecule has 3 heterocycles. The van der Waals surface area contributed by atoms with Crippen LogP contribution in [0.2, 0.25) is 0 Å². The van der Waals surface area contributed by atoms with Crippen LogP contribution in [-0.4, -0.2) is 70.8 Å². The lowest BCUT2D eigenvalue weighted by Gasteiger charge is -2.40. The van der Waals surface area contributed by atoms with E-state index in [2.05, 4.69) is 52.4 Å². The number of benzene rings is 1. The van der Waals surface area contributed by atoms with Gasteiger partial charge in [-0.15, -0.1) is 0 Å². The third-order valence-corrected chi connectivity index (χ3v) is 7.86. The lowest BCUT2D eigenvalue weighted by Crippen LogP contribution is -2.45. The minimum absolute atomic E-state index is 0.410. The zero-order valence-corrected chi connectivity index (χ0v) is 21.8. The number of hydrogen-bond donors (Lipinski definition) is 1. The number of methoxy groups -OCH3 is 1. The quantitative estimate of drug-likeness (QED) is 0.527. The summed E-state index contributed by atoms with van der Waals surface area (Å²) >= 11 is 0. The van der Waals surface area contributed by atoms with Crippen molar-refractivity contribution >= 4 is 11.3 Å². The Labute approximate surface area is 214 Å². The fourth-order valence-corrected chi connectivity index (χ4v) is 5.48. The maximum atomic E-state index is 5.53. The Bertz CT molecular complexity index is 1250. The van der Waals surface area contributed by atoms with Crippen LogP contribution in [0.15, 0.2) is 55.4 Å². The number of ether oxygens (including phenoxy) is 1. The van der Waals surface area contributed by atoms with Gasteiger partial charge in [-0.05, 0) is 63.3 Å². The molecule has 7 heteroatoms. The molecule has 1 N–H and O–H groups in total. The van der Waals surface area contributed by atoms with Crippen LogP contribution in [0.3, 0.4) is 0 Å². The second kappa shape index (κ2) is 10.3. The van der Waals surface area contributed by atoms with Gasteiger partial charge in [0.25, 0.3) is 0 Å². The highest BCUT2D eigenvalue weighted by molar-refractivity contribution is 5.68. The summed E-state index contributed by atoms with van der Waals surface area (Å²) in [6.07, 6.45) is 6.41. The Morgan fingerprint density at radius 1 is 1.03 bits per heavy atom. The first-order valence-electron chi connectivity index (χ1n) is 13.0. The average Bonchev–Trinajstić information content (AvgIpc) is 3.34. The second-order valence-corrected chi connectivity index (χ2v) is 10.3. The zero-order valence-electron chi connectivity index (χ0n) is 21.8. The highest BCUT2D eigenvalue weighted by atomic mass is 16.5. The van der Waals surface area contributed by atoms with Crippen LogP contribution in [-0.2, 0) is 0 Å². The molecule has 36 heavy (non-hydrogen) atoms. The highest BCUT2D eigenvalue weighted by Crippen LogP contribution is 2.32. The van der Waals surface area contributed by atoms with E-state index in [9.17, 15) is 0 Å². The number of piperazine rings is 1. The van der Waals surface area contributed by atoms with Crippen LogP contribution in [0, 0.1) is 12.8 Å². The molecule has 1 saturated carbocycles. The fourth-order valence-electron chi connectivity index (χ4n) is 5.48. The number of aryl methyl sites for hydroxylation is 1. The Morgan fingerprint density at radius 2 is 1.78 bits per heavy atom. The van der Waals surface area contributed by atoms with Crippen LogP contribution < -0.4 is 10.1 Å². The first-order chi connectivity index (χ1) is 17.4. The van der Waals surface area contributed by atoms with Gasteiger partial charge in [-0.25, -0.2) is 9.50 Å². The van der Waals surface area contributed by atoms with Crippen LogP contribution in [0.1, 0.15) is 36.9 Å². The number of fused-ring (bicyclic) bond motifs is 1. The maximum absolute atomic E-state index is 5.53. The molecule has 1 aromatic carbocycles. The molecular weight excluding hydrogens is 448 g/mol. The van der Waals surface area contributed by atoms with Crippen molar-refractivity contribution in [3.63, 3.8) is 0 Å². The average molecular weight is 487 g/mol. The fraction of sp³-hybridized carbons (Fsp3) is 0.448. The molecule has 190 valence electrons. The van der Waals surface area contributed by atoms with Crippen LogP contribution in [0.5, 0.6) is 5.75 Å². The number of nitrogens with one attached hydrogen (secondary N) is 1. The molecule has 2 aliphatic rings. The topological polar surface area (TPSA) is 57.9 Å². The molecule has 0 spiro atoms. The molecule has 0 unspecified atom stereocenters. The molecule has 1 saturated heterocycles. The minimum atomic E-state index is 0.410. The smallest absolute Gasteiger partial charge is 0.156 e. The number of hydrogen-bond acceptors (Lipinski definition) is 6. The van der Waals surface area contributed by atoms with Gasteiger partial charge in [-0.1, -0.05) is 25.3 Å². The molecule has 2 fully saturated rings. The summed E-state index contributed by atoms with van der Waals surface area (Å²) in [6, 6.07) is 10.6. The summed E-state index contributed by atoms with van der Waals surface area (Å²) in [7, 11) is 3.90. The van der Waals surface area contributed by atoms with E-state index in [0.717, 1.165) is 78.6 Å². The third kappa shape index (κ3) is 4.98. The lowest BCUT2D eigenvalue weighted by atomic mass is 9.83. The first-order valence-corrected chi connectivity index (χ1v) is 13.0. The van der Waals surface area contributed by atoms with Gasteiger partial charge in [0.1, 0.15) is 11.4 Å². The summed E-state index contributed by atoms with van der Waals surface area (Å²) in [4.78, 5) is 9.44. The first kappa shape index (κ1) is 24.4. The van der Waals surface area contributed by atoms with Crippen molar-refractivity contribution in [2.45, 2.75) is 38.6 Å². The standard InChI is InChI=1S/C29H38N6O/c1-20-6-7-24(18-28(20)36-5)27-12-13-30-29-19-26(32-35(27)29)21(2)31-25-10-8-23(9-11-25)22(3)34-16-14-33(4)15-17-34/h6-7,12-13,18-19,23,25,31H,2-3,8-11,14-17H2,1,4-5H3/t23-,25+. The van der Waals surface area contributed by atoms with Crippen molar-refractivity contribution in [1.29, 1.82) is 0 Å². The predicted molar refractivity (Wildman–Crippen MR) is 146 cm³/mol. The van der Waals surface area contributed by atoms with Gasteiger partial charge in [0.05, 0.1) is 18.5 Å². The van der Waals surface area contributed by atoms with Gasteiger partial charge in [0, 0.05) is 55.7 Å². The van der Waals surface area contributed by atoms with E-state index in [1.54, 1.807) is 7.11 Å². The molecule has 7 nitrogen and oxygen atoms in total. The largest absolute Gasteiger partial charge is 0.496 e. The van der Waals surface area contributed by atoms with Gasteiger partial charge in [-0.2, -0.15) is 5.10 Å². The van der Waals surface area contributed by atoms with Gasteiger partial charge in [0.15, 0.2) is 5.65 Å². The predicted octanol–water partition coefficient (Wildman–Crippen LogP) is 4.59. The van der Waals surface area contributed by atoms with E-state index in [4.69, 9.17) is 9.84 Å². The summed E-state index contributed by atoms with van der Waals surface area (Å²) in [5, 5.41) is 8.53. The Kier molecular flexibility index (Phi) is 7.01. The van der Waals surface area contributed by atoms with Crippen LogP contribution in [0.25, 0.3) is 22.6 Å². The van der Waals surface area contributed by atoms with E-state index in [1.807, 2.05) is 35.8 Å². The maximum Gasteiger partial charge on any atom is 0.156 e. The van der Waals surface area contributed by atoms with Gasteiger partial charge < -0.3 is 19.9 Å². The molecule has 0 bridgehead atoms. The van der Waals surface area contributed by atoms with Crippen molar-refractivity contribution < 1.29 is 4.74 Å². The summed E-state index contributed by atoms with van der Waals surface area (Å²) in [6.45, 7) is 15.3. The van der Waals surface area contributed by atoms with Crippen LogP contribution in [0.4, 0.5) is 0 Å². The van der Waals surface area contributed by atoms with Crippen molar-refractivity contribution in [3.05, 3.63) is 66.6 Å². The summed E-state index contributed by atoms with van der Waals surface area (Å²) in [5.74, 6) is 1.45. The van der Waals surface area contributed by atoms with E-state index in [1.165, 1.54) is 18.5 Å². The van der Waals surface area contributed by atoms with E-state index in [0.29, 0.717) is 12.0 Å². The number of likely N-dealkylation sites (N-methyl/N-ethyl adjacent to an activating group) is 1. The van der Waals surface area contributed by atoms with Crippen molar-refractivity contribution in [2.75, 3.05) is 40.3 Å². The van der Waals surface area contributed by atoms with Crippen LogP contribution >= 0.6 is 0 Å². The molecule has 0 atom stereocenters. The number of aromatic nitrogens is 3.